The zero-order valence-electron chi connectivity index (χ0n) is 12.5. The third-order valence-corrected chi connectivity index (χ3v) is 4.89. The molecule has 0 spiro atoms. The summed E-state index contributed by atoms with van der Waals surface area (Å²) < 4.78 is 0. The lowest BCUT2D eigenvalue weighted by Gasteiger charge is -2.41. The van der Waals surface area contributed by atoms with Crippen molar-refractivity contribution in [3.63, 3.8) is 0 Å². The maximum absolute atomic E-state index is 12.6. The molecule has 3 fully saturated rings. The summed E-state index contributed by atoms with van der Waals surface area (Å²) in [6.07, 6.45) is 5.27. The Morgan fingerprint density at radius 1 is 1.20 bits per heavy atom. The predicted molar refractivity (Wildman–Crippen MR) is 76.1 cm³/mol. The molecule has 0 radical (unpaired) electrons. The molecule has 3 atom stereocenters. The molecule has 2 amide bonds. The van der Waals surface area contributed by atoms with E-state index in [9.17, 15) is 9.59 Å². The average molecular weight is 279 g/mol. The van der Waals surface area contributed by atoms with Crippen LogP contribution in [0.2, 0.25) is 0 Å². The molecule has 2 saturated heterocycles. The summed E-state index contributed by atoms with van der Waals surface area (Å²) in [4.78, 5) is 29.1. The Hall–Kier alpha value is -1.10. The molecule has 1 N–H and O–H groups in total. The first-order valence-corrected chi connectivity index (χ1v) is 7.98. The van der Waals surface area contributed by atoms with Crippen LogP contribution in [0.1, 0.15) is 46.0 Å². The fourth-order valence-corrected chi connectivity index (χ4v) is 3.60. The SMILES string of the molecule is CCCC1NC(=O)C(C)N(C2CCN(C3CC3)C2)C1=O. The fourth-order valence-electron chi connectivity index (χ4n) is 3.60. The van der Waals surface area contributed by atoms with E-state index in [2.05, 4.69) is 10.2 Å². The number of hydrogen-bond donors (Lipinski definition) is 1. The first-order chi connectivity index (χ1) is 9.61. The first kappa shape index (κ1) is 13.9. The number of likely N-dealkylation sites (tertiary alicyclic amines) is 1. The summed E-state index contributed by atoms with van der Waals surface area (Å²) in [7, 11) is 0. The second-order valence-corrected chi connectivity index (χ2v) is 6.44. The second-order valence-electron chi connectivity index (χ2n) is 6.44. The Kier molecular flexibility index (Phi) is 3.71. The van der Waals surface area contributed by atoms with Crippen LogP contribution < -0.4 is 5.32 Å². The third kappa shape index (κ3) is 2.43. The molecule has 1 aliphatic carbocycles. The molecule has 1 saturated carbocycles. The van der Waals surface area contributed by atoms with Gasteiger partial charge in [-0.1, -0.05) is 13.3 Å². The van der Waals surface area contributed by atoms with Crippen molar-refractivity contribution in [2.45, 2.75) is 70.1 Å². The van der Waals surface area contributed by atoms with Gasteiger partial charge in [-0.05, 0) is 32.6 Å². The maximum Gasteiger partial charge on any atom is 0.246 e. The highest BCUT2D eigenvalue weighted by Gasteiger charge is 2.44. The largest absolute Gasteiger partial charge is 0.343 e. The van der Waals surface area contributed by atoms with Crippen LogP contribution in [0.4, 0.5) is 0 Å². The minimum Gasteiger partial charge on any atom is -0.343 e. The van der Waals surface area contributed by atoms with Crippen molar-refractivity contribution in [1.82, 2.24) is 15.1 Å². The maximum atomic E-state index is 12.6. The molecular formula is C15H25N3O2. The van der Waals surface area contributed by atoms with Gasteiger partial charge in [0.25, 0.3) is 0 Å². The van der Waals surface area contributed by atoms with E-state index in [1.807, 2.05) is 18.7 Å². The van der Waals surface area contributed by atoms with Gasteiger partial charge >= 0.3 is 0 Å². The molecule has 3 aliphatic rings. The highest BCUT2D eigenvalue weighted by atomic mass is 16.2. The fraction of sp³-hybridized carbons (Fsp3) is 0.867. The van der Waals surface area contributed by atoms with Crippen molar-refractivity contribution < 1.29 is 9.59 Å². The van der Waals surface area contributed by atoms with E-state index in [1.165, 1.54) is 12.8 Å². The van der Waals surface area contributed by atoms with Gasteiger partial charge in [0, 0.05) is 25.2 Å². The Morgan fingerprint density at radius 2 is 1.95 bits per heavy atom. The van der Waals surface area contributed by atoms with Crippen molar-refractivity contribution in [1.29, 1.82) is 0 Å². The summed E-state index contributed by atoms with van der Waals surface area (Å²) in [6.45, 7) is 5.93. The Bertz CT molecular complexity index is 408. The van der Waals surface area contributed by atoms with Crippen LogP contribution in [0.5, 0.6) is 0 Å². The van der Waals surface area contributed by atoms with E-state index in [1.54, 1.807) is 0 Å². The van der Waals surface area contributed by atoms with Gasteiger partial charge in [0.15, 0.2) is 0 Å². The second kappa shape index (κ2) is 5.35. The Balaban J connectivity index is 1.71. The topological polar surface area (TPSA) is 52.7 Å². The van der Waals surface area contributed by atoms with Crippen LogP contribution in [-0.2, 0) is 9.59 Å². The number of piperazine rings is 1. The molecule has 2 heterocycles. The van der Waals surface area contributed by atoms with Gasteiger partial charge in [-0.2, -0.15) is 0 Å². The van der Waals surface area contributed by atoms with E-state index >= 15 is 0 Å². The zero-order valence-corrected chi connectivity index (χ0v) is 12.5. The van der Waals surface area contributed by atoms with Crippen LogP contribution in [0.15, 0.2) is 0 Å². The van der Waals surface area contributed by atoms with Crippen LogP contribution >= 0.6 is 0 Å². The monoisotopic (exact) mass is 279 g/mol. The van der Waals surface area contributed by atoms with Crippen LogP contribution in [0.3, 0.4) is 0 Å². The standard InChI is InChI=1S/C15H25N3O2/c1-3-4-13-15(20)18(10(2)14(19)16-13)12-7-8-17(9-12)11-5-6-11/h10-13H,3-9H2,1-2H3,(H,16,19). The van der Waals surface area contributed by atoms with Crippen LogP contribution in [-0.4, -0.2) is 58.9 Å². The van der Waals surface area contributed by atoms with Gasteiger partial charge in [0.1, 0.15) is 12.1 Å². The van der Waals surface area contributed by atoms with E-state index in [0.717, 1.165) is 38.4 Å². The first-order valence-electron chi connectivity index (χ1n) is 7.98. The third-order valence-electron chi connectivity index (χ3n) is 4.89. The van der Waals surface area contributed by atoms with E-state index in [0.29, 0.717) is 0 Å². The zero-order chi connectivity index (χ0) is 14.3. The smallest absolute Gasteiger partial charge is 0.246 e. The summed E-state index contributed by atoms with van der Waals surface area (Å²) in [6, 6.07) is 0.345. The van der Waals surface area contributed by atoms with Crippen molar-refractivity contribution >= 4 is 11.8 Å². The number of carbonyl (C=O) groups is 2. The number of hydrogen-bond acceptors (Lipinski definition) is 3. The van der Waals surface area contributed by atoms with Crippen LogP contribution in [0, 0.1) is 0 Å². The predicted octanol–water partition coefficient (Wildman–Crippen LogP) is 0.739. The van der Waals surface area contributed by atoms with E-state index in [-0.39, 0.29) is 29.9 Å². The van der Waals surface area contributed by atoms with Crippen LogP contribution in [0.25, 0.3) is 0 Å². The summed E-state index contributed by atoms with van der Waals surface area (Å²) in [5, 5.41) is 2.87. The molecule has 0 aromatic heterocycles. The molecule has 5 nitrogen and oxygen atoms in total. The van der Waals surface area contributed by atoms with Crippen molar-refractivity contribution in [2.75, 3.05) is 13.1 Å². The van der Waals surface area contributed by atoms with Gasteiger partial charge in [0.05, 0.1) is 0 Å². The normalized spacial score (nSPS) is 35.5. The summed E-state index contributed by atoms with van der Waals surface area (Å²) in [5.41, 5.74) is 0. The number of amides is 2. The summed E-state index contributed by atoms with van der Waals surface area (Å²) >= 11 is 0. The Morgan fingerprint density at radius 3 is 2.60 bits per heavy atom. The minimum atomic E-state index is -0.320. The molecule has 0 aromatic carbocycles. The summed E-state index contributed by atoms with van der Waals surface area (Å²) in [5.74, 6) is 0.134. The van der Waals surface area contributed by atoms with Gasteiger partial charge in [-0.25, -0.2) is 0 Å². The molecule has 112 valence electrons. The number of rotatable bonds is 4. The average Bonchev–Trinajstić information content (AvgIpc) is 3.16. The van der Waals surface area contributed by atoms with Gasteiger partial charge in [-0.3, -0.25) is 14.5 Å². The molecule has 0 aromatic rings. The number of carbonyl (C=O) groups excluding carboxylic acids is 2. The lowest BCUT2D eigenvalue weighted by molar-refractivity contribution is -0.151. The number of nitrogens with zero attached hydrogens (tertiary/aromatic N) is 2. The van der Waals surface area contributed by atoms with Crippen molar-refractivity contribution in [3.05, 3.63) is 0 Å². The molecular weight excluding hydrogens is 254 g/mol. The van der Waals surface area contributed by atoms with E-state index in [4.69, 9.17) is 0 Å². The highest BCUT2D eigenvalue weighted by Crippen LogP contribution is 2.32. The molecule has 2 aliphatic heterocycles. The molecule has 3 unspecified atom stereocenters. The quantitative estimate of drug-likeness (QED) is 0.826. The molecule has 3 rings (SSSR count). The lowest BCUT2D eigenvalue weighted by Crippen LogP contribution is -2.65. The number of nitrogens with one attached hydrogen (secondary N) is 1. The molecule has 5 heteroatoms. The van der Waals surface area contributed by atoms with Crippen molar-refractivity contribution in [2.24, 2.45) is 0 Å². The molecule has 0 bridgehead atoms. The Labute approximate surface area is 120 Å². The van der Waals surface area contributed by atoms with Gasteiger partial charge in [-0.15, -0.1) is 0 Å². The van der Waals surface area contributed by atoms with Gasteiger partial charge in [0.2, 0.25) is 11.8 Å². The van der Waals surface area contributed by atoms with Gasteiger partial charge < -0.3 is 10.2 Å². The minimum absolute atomic E-state index is 0.00734. The lowest BCUT2D eigenvalue weighted by atomic mass is 10.0. The molecule has 20 heavy (non-hydrogen) atoms. The van der Waals surface area contributed by atoms with E-state index < -0.39 is 0 Å². The van der Waals surface area contributed by atoms with Crippen molar-refractivity contribution in [3.8, 4) is 0 Å². The highest BCUT2D eigenvalue weighted by molar-refractivity contribution is 5.96.